The molecule has 5 heterocycles. The highest BCUT2D eigenvalue weighted by Gasteiger charge is 2.51. The topological polar surface area (TPSA) is 151 Å². The van der Waals surface area contributed by atoms with Gasteiger partial charge in [-0.25, -0.2) is 0 Å². The third-order valence-electron chi connectivity index (χ3n) is 12.8. The van der Waals surface area contributed by atoms with Gasteiger partial charge in [-0.05, 0) is 89.4 Å². The first-order valence-electron chi connectivity index (χ1n) is 20.1. The molecule has 1 spiro atoms. The number of hydrogen-bond acceptors (Lipinski definition) is 9. The molecule has 2 aromatic carbocycles. The summed E-state index contributed by atoms with van der Waals surface area (Å²) in [5.74, 6) is 10.8. The van der Waals surface area contributed by atoms with Crippen molar-refractivity contribution in [1.29, 1.82) is 0 Å². The molecule has 2 bridgehead atoms. The zero-order valence-corrected chi connectivity index (χ0v) is 31.6. The molecule has 0 aromatic heterocycles. The van der Waals surface area contributed by atoms with Gasteiger partial charge in [-0.3, -0.25) is 14.7 Å². The van der Waals surface area contributed by atoms with Crippen LogP contribution in [0.3, 0.4) is 0 Å². The number of benzene rings is 2. The highest BCUT2D eigenvalue weighted by molar-refractivity contribution is 6.08. The molecule has 0 saturated heterocycles. The van der Waals surface area contributed by atoms with Gasteiger partial charge in [-0.2, -0.15) is 0 Å². The largest absolute Gasteiger partial charge is 0.437 e. The zero-order chi connectivity index (χ0) is 38.6. The van der Waals surface area contributed by atoms with Crippen molar-refractivity contribution >= 4 is 17.6 Å². The van der Waals surface area contributed by atoms with E-state index >= 15 is 0 Å². The Labute approximate surface area is 327 Å². The van der Waals surface area contributed by atoms with Gasteiger partial charge < -0.3 is 35.8 Å². The maximum Gasteiger partial charge on any atom is 0.252 e. The number of ketones is 1. The summed E-state index contributed by atoms with van der Waals surface area (Å²) in [6.45, 7) is 2.63. The smallest absolute Gasteiger partial charge is 0.252 e. The van der Waals surface area contributed by atoms with Gasteiger partial charge in [0.15, 0.2) is 11.5 Å². The summed E-state index contributed by atoms with van der Waals surface area (Å²) in [5.41, 5.74) is 13.7. The van der Waals surface area contributed by atoms with Crippen LogP contribution in [0.5, 0.6) is 11.5 Å². The minimum atomic E-state index is -1.06. The number of allylic oxidation sites excluding steroid dienone is 2. The van der Waals surface area contributed by atoms with E-state index < -0.39 is 41.8 Å². The Morgan fingerprint density at radius 3 is 2.80 bits per heavy atom. The first-order chi connectivity index (χ1) is 27.2. The van der Waals surface area contributed by atoms with E-state index in [1.54, 1.807) is 0 Å². The quantitative estimate of drug-likeness (QED) is 0.193. The molecule has 56 heavy (non-hydrogen) atoms. The molecule has 0 radical (unpaired) electrons. The highest BCUT2D eigenvalue weighted by atomic mass is 16.5. The lowest BCUT2D eigenvalue weighted by molar-refractivity contribution is -0.888. The third kappa shape index (κ3) is 6.80. The number of Topliss-reactive ketones (excluding diaryl/α,β-unsaturated/α-hetero) is 1. The SMILES string of the molecule is CC1C=CC(C(O)CC(=O)CCc2ccc3c(c2)OC2C(C#CC(O)c4ccc5c(c4CC4=CN=C6C[NH+]2C=C46)C=CNC5N)C2(C#CO3)CCCC2)C(O)C1. The van der Waals surface area contributed by atoms with E-state index in [-0.39, 0.29) is 30.7 Å². The lowest BCUT2D eigenvalue weighted by Crippen LogP contribution is -3.13. The number of fused-ring (bicyclic) bond motifs is 8. The Kier molecular flexibility index (Phi) is 9.73. The number of carbonyl (C=O) groups excluding carboxylic acids is 1. The summed E-state index contributed by atoms with van der Waals surface area (Å²) in [4.78, 5) is 19.1. The minimum Gasteiger partial charge on any atom is -0.437 e. The summed E-state index contributed by atoms with van der Waals surface area (Å²) in [7, 11) is 0. The number of nitrogens with zero attached hydrogens (tertiary/aromatic N) is 1. The minimum absolute atomic E-state index is 0.0152. The number of ether oxygens (including phenoxy) is 2. The Hall–Kier alpha value is -4.94. The van der Waals surface area contributed by atoms with E-state index in [1.165, 1.54) is 0 Å². The van der Waals surface area contributed by atoms with Crippen LogP contribution < -0.4 is 25.4 Å². The lowest BCUT2D eigenvalue weighted by Gasteiger charge is -2.36. The maximum atomic E-state index is 13.1. The number of nitrogens with one attached hydrogen (secondary N) is 2. The first kappa shape index (κ1) is 36.7. The van der Waals surface area contributed by atoms with Crippen LogP contribution in [0, 0.1) is 47.0 Å². The van der Waals surface area contributed by atoms with Crippen molar-refractivity contribution in [2.45, 2.75) is 95.4 Å². The molecule has 10 nitrogen and oxygen atoms in total. The van der Waals surface area contributed by atoms with Gasteiger partial charge in [0.1, 0.15) is 48.5 Å². The number of hydrogen-bond donors (Lipinski definition) is 6. The molecule has 0 amide bonds. The molecule has 2 aromatic rings. The van der Waals surface area contributed by atoms with E-state index in [1.807, 2.05) is 67.9 Å². The Bertz CT molecular complexity index is 2230. The molecular formula is C46H49N4O6+. The average molecular weight is 754 g/mol. The predicted octanol–water partition coefficient (Wildman–Crippen LogP) is 3.69. The standard InChI is InChI=1S/C46H48N4O6/c1-27-4-8-34(40(53)20-27)41(54)23-30(51)7-5-28-6-13-42-43(21-28)56-45-37(46(17-19-55-42)15-2-3-16-46)11-12-39(52)32-9-10-33-31(14-18-48-44(33)47)35(32)22-29-24-49-38-26-50(45)25-36(29)38/h4,6,8-10,13-14,18,21,24-25,27,34,37,39-41,44-45,48,52-54H,2-3,5,7,15-16,20,22-23,26,47H2,1H3/p+1. The second kappa shape index (κ2) is 14.9. The second-order valence-electron chi connectivity index (χ2n) is 16.6. The van der Waals surface area contributed by atoms with Crippen LogP contribution in [-0.2, 0) is 17.6 Å². The fourth-order valence-corrected chi connectivity index (χ4v) is 9.72. The van der Waals surface area contributed by atoms with Gasteiger partial charge in [0.2, 0.25) is 0 Å². The summed E-state index contributed by atoms with van der Waals surface area (Å²) in [6, 6.07) is 9.63. The third-order valence-corrected chi connectivity index (χ3v) is 12.8. The van der Waals surface area contributed by atoms with Crippen LogP contribution in [0.2, 0.25) is 0 Å². The van der Waals surface area contributed by atoms with Crippen LogP contribution >= 0.6 is 0 Å². The summed E-state index contributed by atoms with van der Waals surface area (Å²) < 4.78 is 13.3. The monoisotopic (exact) mass is 753 g/mol. The molecule has 288 valence electrons. The summed E-state index contributed by atoms with van der Waals surface area (Å²) in [6.07, 6.45) is 16.9. The van der Waals surface area contributed by atoms with E-state index in [9.17, 15) is 20.1 Å². The molecular weight excluding hydrogens is 705 g/mol. The van der Waals surface area contributed by atoms with Gasteiger partial charge in [-0.15, -0.1) is 0 Å². The van der Waals surface area contributed by atoms with Crippen LogP contribution in [0.15, 0.2) is 77.2 Å². The predicted molar refractivity (Wildman–Crippen MR) is 211 cm³/mol. The number of quaternary nitrogens is 1. The average Bonchev–Trinajstić information content (AvgIpc) is 3.92. The van der Waals surface area contributed by atoms with Crippen molar-refractivity contribution in [2.24, 2.45) is 33.9 Å². The number of aliphatic imine (C=N–C) groups is 1. The van der Waals surface area contributed by atoms with Gasteiger partial charge >= 0.3 is 0 Å². The number of nitrogens with two attached hydrogens (primary N) is 1. The van der Waals surface area contributed by atoms with Crippen molar-refractivity contribution < 1.29 is 34.5 Å². The number of aryl methyl sites for hydroxylation is 1. The highest BCUT2D eigenvalue weighted by Crippen LogP contribution is 2.47. The molecule has 10 heteroatoms. The van der Waals surface area contributed by atoms with E-state index in [0.29, 0.717) is 37.3 Å². The number of carbonyl (C=O) groups is 1. The van der Waals surface area contributed by atoms with Crippen molar-refractivity contribution in [2.75, 3.05) is 6.54 Å². The molecule has 1 fully saturated rings. The van der Waals surface area contributed by atoms with E-state index in [0.717, 1.165) is 75.3 Å². The van der Waals surface area contributed by atoms with Crippen molar-refractivity contribution in [1.82, 2.24) is 5.32 Å². The molecule has 2 aliphatic carbocycles. The maximum absolute atomic E-state index is 13.1. The number of aliphatic hydroxyl groups is 3. The second-order valence-corrected chi connectivity index (χ2v) is 16.6. The van der Waals surface area contributed by atoms with Gasteiger partial charge in [-0.1, -0.05) is 67.9 Å². The molecule has 5 aliphatic heterocycles. The van der Waals surface area contributed by atoms with Crippen LogP contribution in [0.4, 0.5) is 0 Å². The van der Waals surface area contributed by atoms with Gasteiger partial charge in [0.05, 0.1) is 23.2 Å². The van der Waals surface area contributed by atoms with Crippen LogP contribution in [0.1, 0.15) is 92.0 Å². The van der Waals surface area contributed by atoms with E-state index in [2.05, 4.69) is 35.4 Å². The van der Waals surface area contributed by atoms with Crippen LogP contribution in [-0.4, -0.2) is 51.8 Å². The molecule has 1 saturated carbocycles. The zero-order valence-electron chi connectivity index (χ0n) is 31.6. The van der Waals surface area contributed by atoms with E-state index in [4.69, 9.17) is 20.2 Å². The Balaban J connectivity index is 1.05. The number of rotatable bonds is 6. The van der Waals surface area contributed by atoms with Crippen molar-refractivity contribution in [3.05, 3.63) is 100 Å². The fourth-order valence-electron chi connectivity index (χ4n) is 9.72. The molecule has 9 atom stereocenters. The van der Waals surface area contributed by atoms with Gasteiger partial charge in [0, 0.05) is 31.4 Å². The van der Waals surface area contributed by atoms with Crippen molar-refractivity contribution in [3.8, 4) is 35.4 Å². The van der Waals surface area contributed by atoms with Crippen molar-refractivity contribution in [3.63, 3.8) is 0 Å². The fraction of sp³-hybridized carbons (Fsp3) is 0.435. The lowest BCUT2D eigenvalue weighted by atomic mass is 9.73. The normalized spacial score (nSPS) is 30.7. The molecule has 9 rings (SSSR count). The molecule has 7 aliphatic rings. The van der Waals surface area contributed by atoms with Gasteiger partial charge in [0.25, 0.3) is 6.23 Å². The Morgan fingerprint density at radius 1 is 1.12 bits per heavy atom. The summed E-state index contributed by atoms with van der Waals surface area (Å²) >= 11 is 0. The summed E-state index contributed by atoms with van der Waals surface area (Å²) in [5, 5.41) is 36.4. The number of aliphatic hydroxyl groups excluding tert-OH is 3. The molecule has 7 N–H and O–H groups in total. The first-order valence-corrected chi connectivity index (χ1v) is 20.1. The van der Waals surface area contributed by atoms with Crippen LogP contribution in [0.25, 0.3) is 6.08 Å². The molecule has 9 unspecified atom stereocenters. The Morgan fingerprint density at radius 2 is 1.96 bits per heavy atom.